The van der Waals surface area contributed by atoms with Gasteiger partial charge < -0.3 is 5.32 Å². The first-order valence-corrected chi connectivity index (χ1v) is 11.7. The van der Waals surface area contributed by atoms with E-state index in [1.54, 1.807) is 48.7 Å². The summed E-state index contributed by atoms with van der Waals surface area (Å²) in [4.78, 5) is 21.6. The maximum absolute atomic E-state index is 13.2. The number of aryl methyl sites for hydroxylation is 1. The average molecular weight is 551 g/mol. The van der Waals surface area contributed by atoms with Crippen LogP contribution in [0.5, 0.6) is 0 Å². The fourth-order valence-corrected chi connectivity index (χ4v) is 4.27. The van der Waals surface area contributed by atoms with Gasteiger partial charge in [0, 0.05) is 39.5 Å². The molecule has 4 nitrogen and oxygen atoms in total. The van der Waals surface area contributed by atoms with E-state index in [1.807, 2.05) is 6.92 Å². The second-order valence-corrected chi connectivity index (χ2v) is 9.27. The van der Waals surface area contributed by atoms with Gasteiger partial charge in [-0.3, -0.25) is 4.79 Å². The zero-order valence-electron chi connectivity index (χ0n) is 18.6. The average Bonchev–Trinajstić information content (AvgIpc) is 2.80. The number of anilines is 2. The van der Waals surface area contributed by atoms with Crippen LogP contribution < -0.4 is 5.32 Å². The highest BCUT2D eigenvalue weighted by molar-refractivity contribution is 6.35. The van der Waals surface area contributed by atoms with E-state index in [9.17, 15) is 18.0 Å². The van der Waals surface area contributed by atoms with Crippen LogP contribution in [0.2, 0.25) is 15.1 Å². The summed E-state index contributed by atoms with van der Waals surface area (Å²) in [5, 5.41) is 3.62. The minimum absolute atomic E-state index is 0.211. The number of nitrogens with one attached hydrogen (secondary N) is 1. The van der Waals surface area contributed by atoms with Gasteiger partial charge in [-0.15, -0.1) is 0 Å². The highest BCUT2D eigenvalue weighted by atomic mass is 35.5. The van der Waals surface area contributed by atoms with Crippen LogP contribution >= 0.6 is 34.8 Å². The summed E-state index contributed by atoms with van der Waals surface area (Å²) in [7, 11) is 0. The predicted molar refractivity (Wildman–Crippen MR) is 136 cm³/mol. The summed E-state index contributed by atoms with van der Waals surface area (Å²) in [6, 6.07) is 15.2. The van der Waals surface area contributed by atoms with E-state index in [4.69, 9.17) is 34.8 Å². The molecule has 36 heavy (non-hydrogen) atoms. The van der Waals surface area contributed by atoms with Gasteiger partial charge in [0.15, 0.2) is 5.78 Å². The predicted octanol–water partition coefficient (Wildman–Crippen LogP) is 8.60. The van der Waals surface area contributed by atoms with Crippen LogP contribution in [0.4, 0.5) is 24.8 Å². The number of nitrogens with zero attached hydrogens (tertiary/aromatic N) is 2. The molecule has 0 radical (unpaired) electrons. The van der Waals surface area contributed by atoms with Gasteiger partial charge in [0.1, 0.15) is 0 Å². The zero-order valence-corrected chi connectivity index (χ0v) is 20.9. The molecule has 0 aliphatic heterocycles. The topological polar surface area (TPSA) is 54.9 Å². The van der Waals surface area contributed by atoms with Crippen LogP contribution in [0.1, 0.15) is 27.0 Å². The van der Waals surface area contributed by atoms with E-state index >= 15 is 0 Å². The first kappa shape index (κ1) is 25.9. The Hall–Kier alpha value is -3.13. The number of carbonyl (C=O) groups is 1. The van der Waals surface area contributed by atoms with E-state index < -0.39 is 16.8 Å². The SMILES string of the molecule is Cc1ccc(C(=O)Cc2ccc(Cl)c(C(F)(F)F)c2)cc1Nc1nccc(-c2cc(Cl)cc(Cl)c2)n1. The molecule has 0 unspecified atom stereocenters. The standard InChI is InChI=1S/C26H17Cl3F3N3O/c1-14-2-4-16(24(36)9-15-3-5-21(29)20(8-15)26(30,31)32)12-23(14)35-25-33-7-6-22(34-25)17-10-18(27)13-19(28)11-17/h2-8,10-13H,9H2,1H3,(H,33,34,35). The lowest BCUT2D eigenvalue weighted by molar-refractivity contribution is -0.137. The molecular weight excluding hydrogens is 534 g/mol. The number of carbonyl (C=O) groups excluding carboxylic acids is 1. The van der Waals surface area contributed by atoms with Gasteiger partial charge in [-0.05, 0) is 60.5 Å². The lowest BCUT2D eigenvalue weighted by atomic mass is 9.99. The van der Waals surface area contributed by atoms with Gasteiger partial charge in [-0.1, -0.05) is 53.0 Å². The number of rotatable bonds is 6. The van der Waals surface area contributed by atoms with Crippen LogP contribution in [0.3, 0.4) is 0 Å². The normalized spacial score (nSPS) is 11.4. The van der Waals surface area contributed by atoms with E-state index in [-0.39, 0.29) is 23.7 Å². The Kier molecular flexibility index (Phi) is 7.54. The second kappa shape index (κ2) is 10.5. The highest BCUT2D eigenvalue weighted by Gasteiger charge is 2.33. The number of hydrogen-bond donors (Lipinski definition) is 1. The quantitative estimate of drug-likeness (QED) is 0.244. The summed E-state index contributed by atoms with van der Waals surface area (Å²) < 4.78 is 39.5. The van der Waals surface area contributed by atoms with Crippen molar-refractivity contribution in [1.29, 1.82) is 0 Å². The number of Topliss-reactive ketones (excluding diaryl/α,β-unsaturated/α-hetero) is 1. The third kappa shape index (κ3) is 6.16. The van der Waals surface area contributed by atoms with Crippen molar-refractivity contribution in [1.82, 2.24) is 9.97 Å². The van der Waals surface area contributed by atoms with Crippen molar-refractivity contribution < 1.29 is 18.0 Å². The van der Waals surface area contributed by atoms with Crippen LogP contribution in [0.15, 0.2) is 66.9 Å². The van der Waals surface area contributed by atoms with Crippen molar-refractivity contribution >= 4 is 52.2 Å². The molecule has 0 aliphatic rings. The van der Waals surface area contributed by atoms with Gasteiger partial charge in [-0.2, -0.15) is 13.2 Å². The molecule has 0 saturated heterocycles. The highest BCUT2D eigenvalue weighted by Crippen LogP contribution is 2.35. The molecule has 1 N–H and O–H groups in total. The van der Waals surface area contributed by atoms with Gasteiger partial charge >= 0.3 is 6.18 Å². The molecule has 0 bridgehead atoms. The third-order valence-corrected chi connectivity index (χ3v) is 6.09. The van der Waals surface area contributed by atoms with E-state index in [0.29, 0.717) is 32.6 Å². The van der Waals surface area contributed by atoms with Crippen molar-refractivity contribution in [2.24, 2.45) is 0 Å². The monoisotopic (exact) mass is 549 g/mol. The van der Waals surface area contributed by atoms with Crippen molar-refractivity contribution in [2.75, 3.05) is 5.32 Å². The summed E-state index contributed by atoms with van der Waals surface area (Å²) >= 11 is 17.9. The number of ketones is 1. The van der Waals surface area contributed by atoms with Gasteiger partial charge in [-0.25, -0.2) is 9.97 Å². The van der Waals surface area contributed by atoms with Crippen LogP contribution in [-0.2, 0) is 12.6 Å². The summed E-state index contributed by atoms with van der Waals surface area (Å²) in [6.07, 6.45) is -3.26. The van der Waals surface area contributed by atoms with Crippen molar-refractivity contribution in [3.05, 3.63) is 104 Å². The number of halogens is 6. The molecular formula is C26H17Cl3F3N3O. The molecule has 4 aromatic rings. The van der Waals surface area contributed by atoms with Crippen molar-refractivity contribution in [3.8, 4) is 11.3 Å². The van der Waals surface area contributed by atoms with Crippen LogP contribution in [-0.4, -0.2) is 15.8 Å². The first-order chi connectivity index (χ1) is 17.0. The molecule has 0 saturated carbocycles. The van der Waals surface area contributed by atoms with Gasteiger partial charge in [0.2, 0.25) is 5.95 Å². The minimum atomic E-state index is -4.61. The molecule has 0 aliphatic carbocycles. The lowest BCUT2D eigenvalue weighted by Gasteiger charge is -2.12. The Balaban J connectivity index is 1.57. The molecule has 1 heterocycles. The summed E-state index contributed by atoms with van der Waals surface area (Å²) in [5.41, 5.74) is 2.25. The Morgan fingerprint density at radius 1 is 0.944 bits per heavy atom. The maximum atomic E-state index is 13.2. The Bertz CT molecular complexity index is 1440. The molecule has 0 fully saturated rings. The van der Waals surface area contributed by atoms with E-state index in [1.165, 1.54) is 6.07 Å². The Morgan fingerprint density at radius 2 is 1.67 bits per heavy atom. The van der Waals surface area contributed by atoms with E-state index in [0.717, 1.165) is 17.7 Å². The Labute approximate surface area is 220 Å². The van der Waals surface area contributed by atoms with Crippen LogP contribution in [0.25, 0.3) is 11.3 Å². The number of benzene rings is 3. The first-order valence-electron chi connectivity index (χ1n) is 10.6. The summed E-state index contributed by atoms with van der Waals surface area (Å²) in [5.74, 6) is -0.0689. The fourth-order valence-electron chi connectivity index (χ4n) is 3.52. The van der Waals surface area contributed by atoms with Crippen molar-refractivity contribution in [2.45, 2.75) is 19.5 Å². The fraction of sp³-hybridized carbons (Fsp3) is 0.115. The van der Waals surface area contributed by atoms with Crippen molar-refractivity contribution in [3.63, 3.8) is 0 Å². The summed E-state index contributed by atoms with van der Waals surface area (Å²) in [6.45, 7) is 1.84. The lowest BCUT2D eigenvalue weighted by Crippen LogP contribution is -2.09. The zero-order chi connectivity index (χ0) is 26.0. The largest absolute Gasteiger partial charge is 0.417 e. The van der Waals surface area contributed by atoms with Crippen LogP contribution in [0, 0.1) is 6.92 Å². The number of alkyl halides is 3. The molecule has 10 heteroatoms. The molecule has 3 aromatic carbocycles. The van der Waals surface area contributed by atoms with Gasteiger partial charge in [0.05, 0.1) is 16.3 Å². The molecule has 0 spiro atoms. The maximum Gasteiger partial charge on any atom is 0.417 e. The number of aromatic nitrogens is 2. The second-order valence-electron chi connectivity index (χ2n) is 7.99. The smallest absolute Gasteiger partial charge is 0.324 e. The molecule has 0 amide bonds. The minimum Gasteiger partial charge on any atom is -0.324 e. The molecule has 4 rings (SSSR count). The van der Waals surface area contributed by atoms with Gasteiger partial charge in [0.25, 0.3) is 0 Å². The Morgan fingerprint density at radius 3 is 2.36 bits per heavy atom. The third-order valence-electron chi connectivity index (χ3n) is 5.32. The number of hydrogen-bond acceptors (Lipinski definition) is 4. The molecule has 184 valence electrons. The molecule has 1 aromatic heterocycles. The van der Waals surface area contributed by atoms with E-state index in [2.05, 4.69) is 15.3 Å². The molecule has 0 atom stereocenters.